The van der Waals surface area contributed by atoms with Crippen molar-refractivity contribution < 1.29 is 23.6 Å². The summed E-state index contributed by atoms with van der Waals surface area (Å²) in [7, 11) is 6.24. The molecule has 180 valence electrons. The standard InChI is InChI=1S/C24H28FN5O4/c1-12-18(10-16-15-9-14(25)7-8-17(15)27-22(16)32)26-13(2)21(12)23(33)28-19(24(34)30(5)6)11-20(31)29(3)4/h7-10,19,26H,11H2,1-6H3,(H,27,32)(H,28,33)/t19-/m0/s1. The van der Waals surface area contributed by atoms with E-state index in [1.54, 1.807) is 48.1 Å². The molecule has 2 heterocycles. The number of anilines is 1. The third-order valence-corrected chi connectivity index (χ3v) is 5.68. The molecular weight excluding hydrogens is 441 g/mol. The summed E-state index contributed by atoms with van der Waals surface area (Å²) in [5.74, 6) is -2.07. The van der Waals surface area contributed by atoms with Gasteiger partial charge in [0.1, 0.15) is 11.9 Å². The number of nitrogens with zero attached hydrogens (tertiary/aromatic N) is 2. The number of aromatic amines is 1. The SMILES string of the molecule is Cc1[nH]c(C=C2C(=O)Nc3ccc(F)cc32)c(C)c1C(=O)N[C@@H](CC(=O)N(C)C)C(=O)N(C)C. The number of benzene rings is 1. The van der Waals surface area contributed by atoms with Crippen molar-refractivity contribution in [3.05, 3.63) is 52.1 Å². The van der Waals surface area contributed by atoms with E-state index in [1.807, 2.05) is 0 Å². The zero-order valence-corrected chi connectivity index (χ0v) is 20.0. The van der Waals surface area contributed by atoms with Gasteiger partial charge < -0.3 is 25.4 Å². The number of nitrogens with one attached hydrogen (secondary N) is 3. The molecule has 1 aromatic carbocycles. The second kappa shape index (κ2) is 9.50. The van der Waals surface area contributed by atoms with Gasteiger partial charge in [0.2, 0.25) is 11.8 Å². The van der Waals surface area contributed by atoms with E-state index in [4.69, 9.17) is 0 Å². The van der Waals surface area contributed by atoms with Crippen LogP contribution in [0.1, 0.15) is 39.3 Å². The van der Waals surface area contributed by atoms with Crippen LogP contribution in [0, 0.1) is 19.7 Å². The highest BCUT2D eigenvalue weighted by Crippen LogP contribution is 2.34. The Balaban J connectivity index is 1.93. The highest BCUT2D eigenvalue weighted by Gasteiger charge is 2.29. The number of aryl methyl sites for hydroxylation is 1. The largest absolute Gasteiger partial charge is 0.358 e. The van der Waals surface area contributed by atoms with Gasteiger partial charge in [-0.2, -0.15) is 0 Å². The molecule has 1 atom stereocenters. The summed E-state index contributed by atoms with van der Waals surface area (Å²) in [6.07, 6.45) is 1.38. The number of carbonyl (C=O) groups is 4. The fraction of sp³-hybridized carbons (Fsp3) is 0.333. The zero-order chi connectivity index (χ0) is 25.3. The van der Waals surface area contributed by atoms with Crippen molar-refractivity contribution in [3.8, 4) is 0 Å². The Morgan fingerprint density at radius 2 is 1.79 bits per heavy atom. The molecule has 0 saturated carbocycles. The first-order valence-electron chi connectivity index (χ1n) is 10.6. The second-order valence-electron chi connectivity index (χ2n) is 8.62. The lowest BCUT2D eigenvalue weighted by Crippen LogP contribution is -2.48. The third kappa shape index (κ3) is 4.85. The van der Waals surface area contributed by atoms with Gasteiger partial charge in [0.15, 0.2) is 0 Å². The van der Waals surface area contributed by atoms with Crippen molar-refractivity contribution in [2.75, 3.05) is 33.5 Å². The molecule has 1 aliphatic heterocycles. The number of likely N-dealkylation sites (N-methyl/N-ethyl adjacent to an activating group) is 1. The topological polar surface area (TPSA) is 115 Å². The number of rotatable bonds is 6. The Morgan fingerprint density at radius 1 is 1.12 bits per heavy atom. The van der Waals surface area contributed by atoms with Gasteiger partial charge in [0.05, 0.1) is 17.6 Å². The van der Waals surface area contributed by atoms with E-state index in [0.717, 1.165) is 0 Å². The van der Waals surface area contributed by atoms with E-state index in [1.165, 1.54) is 28.0 Å². The minimum atomic E-state index is -1.04. The summed E-state index contributed by atoms with van der Waals surface area (Å²) in [5.41, 5.74) is 3.09. The second-order valence-corrected chi connectivity index (χ2v) is 8.62. The van der Waals surface area contributed by atoms with Crippen LogP contribution in [0.25, 0.3) is 11.6 Å². The van der Waals surface area contributed by atoms with Crippen LogP contribution in [0.2, 0.25) is 0 Å². The molecule has 0 radical (unpaired) electrons. The number of aromatic nitrogens is 1. The molecule has 2 aromatic rings. The van der Waals surface area contributed by atoms with Crippen molar-refractivity contribution in [3.63, 3.8) is 0 Å². The molecule has 0 spiro atoms. The molecule has 0 unspecified atom stereocenters. The van der Waals surface area contributed by atoms with E-state index in [-0.39, 0.29) is 23.8 Å². The monoisotopic (exact) mass is 469 g/mol. The van der Waals surface area contributed by atoms with Gasteiger partial charge in [-0.15, -0.1) is 0 Å². The molecule has 3 rings (SSSR count). The van der Waals surface area contributed by atoms with Gasteiger partial charge in [0.25, 0.3) is 11.8 Å². The summed E-state index contributed by atoms with van der Waals surface area (Å²) < 4.78 is 13.8. The highest BCUT2D eigenvalue weighted by atomic mass is 19.1. The van der Waals surface area contributed by atoms with Crippen LogP contribution < -0.4 is 10.6 Å². The van der Waals surface area contributed by atoms with Gasteiger partial charge in [-0.25, -0.2) is 4.39 Å². The van der Waals surface area contributed by atoms with E-state index in [9.17, 15) is 23.6 Å². The highest BCUT2D eigenvalue weighted by molar-refractivity contribution is 6.34. The Bertz CT molecular complexity index is 1210. The summed E-state index contributed by atoms with van der Waals surface area (Å²) >= 11 is 0. The molecule has 1 aromatic heterocycles. The van der Waals surface area contributed by atoms with Crippen LogP contribution in [0.3, 0.4) is 0 Å². The minimum Gasteiger partial charge on any atom is -0.358 e. The Hall–Kier alpha value is -3.95. The minimum absolute atomic E-state index is 0.183. The molecule has 10 heteroatoms. The summed E-state index contributed by atoms with van der Waals surface area (Å²) in [6, 6.07) is 2.99. The van der Waals surface area contributed by atoms with Crippen molar-refractivity contribution >= 4 is 41.0 Å². The average Bonchev–Trinajstić information content (AvgIpc) is 3.21. The maximum Gasteiger partial charge on any atom is 0.256 e. The van der Waals surface area contributed by atoms with Crippen molar-refractivity contribution in [1.82, 2.24) is 20.1 Å². The van der Waals surface area contributed by atoms with Crippen molar-refractivity contribution in [1.29, 1.82) is 0 Å². The number of amides is 4. The first kappa shape index (κ1) is 24.7. The van der Waals surface area contributed by atoms with E-state index in [0.29, 0.717) is 33.8 Å². The fourth-order valence-corrected chi connectivity index (χ4v) is 3.81. The van der Waals surface area contributed by atoms with Crippen molar-refractivity contribution in [2.45, 2.75) is 26.3 Å². The maximum atomic E-state index is 13.8. The number of halogens is 1. The van der Waals surface area contributed by atoms with Gasteiger partial charge in [0, 0.05) is 50.8 Å². The van der Waals surface area contributed by atoms with E-state index < -0.39 is 23.7 Å². The molecule has 9 nitrogen and oxygen atoms in total. The van der Waals surface area contributed by atoms with Crippen LogP contribution in [0.5, 0.6) is 0 Å². The number of hydrogen-bond acceptors (Lipinski definition) is 4. The van der Waals surface area contributed by atoms with Crippen LogP contribution in [0.15, 0.2) is 18.2 Å². The fourth-order valence-electron chi connectivity index (χ4n) is 3.81. The van der Waals surface area contributed by atoms with Crippen LogP contribution in [-0.4, -0.2) is 72.6 Å². The quantitative estimate of drug-likeness (QED) is 0.561. The molecular formula is C24H28FN5O4. The van der Waals surface area contributed by atoms with E-state index in [2.05, 4.69) is 15.6 Å². The number of H-pyrrole nitrogens is 1. The van der Waals surface area contributed by atoms with Crippen LogP contribution in [-0.2, 0) is 14.4 Å². The van der Waals surface area contributed by atoms with Gasteiger partial charge >= 0.3 is 0 Å². The molecule has 4 amide bonds. The van der Waals surface area contributed by atoms with Gasteiger partial charge in [-0.3, -0.25) is 19.2 Å². The third-order valence-electron chi connectivity index (χ3n) is 5.68. The number of carbonyl (C=O) groups excluding carboxylic acids is 4. The van der Waals surface area contributed by atoms with Crippen molar-refractivity contribution in [2.24, 2.45) is 0 Å². The lowest BCUT2D eigenvalue weighted by Gasteiger charge is -2.23. The first-order chi connectivity index (χ1) is 15.9. The van der Waals surface area contributed by atoms with Crippen LogP contribution in [0.4, 0.5) is 10.1 Å². The Kier molecular flexibility index (Phi) is 6.90. The molecule has 3 N–H and O–H groups in total. The smallest absolute Gasteiger partial charge is 0.256 e. The molecule has 0 bridgehead atoms. The predicted molar refractivity (Wildman–Crippen MR) is 126 cm³/mol. The van der Waals surface area contributed by atoms with Gasteiger partial charge in [-0.05, 0) is 43.7 Å². The predicted octanol–water partition coefficient (Wildman–Crippen LogP) is 1.93. The lowest BCUT2D eigenvalue weighted by atomic mass is 10.0. The average molecular weight is 470 g/mol. The molecule has 1 aliphatic rings. The number of hydrogen-bond donors (Lipinski definition) is 3. The Labute approximate surface area is 197 Å². The molecule has 0 fully saturated rings. The van der Waals surface area contributed by atoms with Crippen LogP contribution >= 0.6 is 0 Å². The van der Waals surface area contributed by atoms with Gasteiger partial charge in [-0.1, -0.05) is 0 Å². The number of fused-ring (bicyclic) bond motifs is 1. The summed E-state index contributed by atoms with van der Waals surface area (Å²) in [6.45, 7) is 3.40. The molecule has 0 saturated heterocycles. The Morgan fingerprint density at radius 3 is 2.41 bits per heavy atom. The summed E-state index contributed by atoms with van der Waals surface area (Å²) in [4.78, 5) is 56.2. The summed E-state index contributed by atoms with van der Waals surface area (Å²) in [5, 5.41) is 5.36. The first-order valence-corrected chi connectivity index (χ1v) is 10.6. The zero-order valence-electron chi connectivity index (χ0n) is 20.0. The maximum absolute atomic E-state index is 13.8. The normalized spacial score (nSPS) is 14.4. The lowest BCUT2D eigenvalue weighted by molar-refractivity contribution is -0.136. The molecule has 34 heavy (non-hydrogen) atoms. The van der Waals surface area contributed by atoms with E-state index >= 15 is 0 Å². The molecule has 0 aliphatic carbocycles.